The van der Waals surface area contributed by atoms with Gasteiger partial charge in [-0.3, -0.25) is 4.79 Å². The van der Waals surface area contributed by atoms with Gasteiger partial charge in [0.15, 0.2) is 6.10 Å². The van der Waals surface area contributed by atoms with Gasteiger partial charge in [0.05, 0.1) is 5.60 Å². The van der Waals surface area contributed by atoms with Crippen LogP contribution in [0.25, 0.3) is 0 Å². The third-order valence-electron chi connectivity index (χ3n) is 4.08. The van der Waals surface area contributed by atoms with Gasteiger partial charge in [0, 0.05) is 6.54 Å². The number of ether oxygens (including phenoxy) is 1. The van der Waals surface area contributed by atoms with Gasteiger partial charge >= 0.3 is 0 Å². The predicted octanol–water partition coefficient (Wildman–Crippen LogP) is 2.61. The van der Waals surface area contributed by atoms with E-state index < -0.39 is 11.7 Å². The predicted molar refractivity (Wildman–Crippen MR) is 82.4 cm³/mol. The molecule has 1 saturated carbocycles. The van der Waals surface area contributed by atoms with Crippen molar-refractivity contribution in [3.63, 3.8) is 0 Å². The van der Waals surface area contributed by atoms with Crippen LogP contribution in [0.1, 0.15) is 51.5 Å². The molecule has 1 unspecified atom stereocenters. The Hall–Kier alpha value is -1.55. The molecule has 1 aromatic carbocycles. The molecule has 2 rings (SSSR count). The van der Waals surface area contributed by atoms with Gasteiger partial charge in [0.1, 0.15) is 5.75 Å². The molecule has 0 aromatic heterocycles. The van der Waals surface area contributed by atoms with Gasteiger partial charge in [0.25, 0.3) is 5.91 Å². The van der Waals surface area contributed by atoms with E-state index in [9.17, 15) is 9.90 Å². The highest BCUT2D eigenvalue weighted by Crippen LogP contribution is 2.30. The summed E-state index contributed by atoms with van der Waals surface area (Å²) in [5.41, 5.74) is 0.483. The standard InChI is InChI=1S/C17H25NO3/c1-12(2)14-6-4-7-15(10-14)21-13(3)16(19)18-11-17(20)8-5-9-17/h4,6-7,10,12-13,20H,5,8-9,11H2,1-3H3,(H,18,19). The van der Waals surface area contributed by atoms with E-state index in [2.05, 4.69) is 19.2 Å². The molecule has 1 aromatic rings. The van der Waals surface area contributed by atoms with Crippen LogP contribution in [0.4, 0.5) is 0 Å². The van der Waals surface area contributed by atoms with Crippen molar-refractivity contribution < 1.29 is 14.6 Å². The van der Waals surface area contributed by atoms with Crippen molar-refractivity contribution in [2.24, 2.45) is 0 Å². The van der Waals surface area contributed by atoms with Crippen molar-refractivity contribution in [2.75, 3.05) is 6.54 Å². The normalized spacial score (nSPS) is 18.0. The van der Waals surface area contributed by atoms with Gasteiger partial charge in [-0.2, -0.15) is 0 Å². The lowest BCUT2D eigenvalue weighted by Gasteiger charge is -2.36. The molecule has 1 fully saturated rings. The summed E-state index contributed by atoms with van der Waals surface area (Å²) in [6.45, 7) is 6.27. The van der Waals surface area contributed by atoms with Crippen LogP contribution in [-0.2, 0) is 4.79 Å². The average Bonchev–Trinajstić information content (AvgIpc) is 2.42. The van der Waals surface area contributed by atoms with Crippen LogP contribution in [0.3, 0.4) is 0 Å². The molecule has 4 heteroatoms. The number of aliphatic hydroxyl groups is 1. The van der Waals surface area contributed by atoms with Gasteiger partial charge in [-0.05, 0) is 49.8 Å². The highest BCUT2D eigenvalue weighted by Gasteiger charge is 2.35. The second kappa shape index (κ2) is 6.48. The SMILES string of the molecule is CC(Oc1cccc(C(C)C)c1)C(=O)NCC1(O)CCC1. The van der Waals surface area contributed by atoms with Crippen LogP contribution in [0, 0.1) is 0 Å². The minimum absolute atomic E-state index is 0.190. The number of benzene rings is 1. The van der Waals surface area contributed by atoms with Crippen molar-refractivity contribution in [1.82, 2.24) is 5.32 Å². The van der Waals surface area contributed by atoms with Crippen molar-refractivity contribution in [3.8, 4) is 5.75 Å². The molecule has 0 aliphatic heterocycles. The summed E-state index contributed by atoms with van der Waals surface area (Å²) in [6, 6.07) is 7.81. The number of amides is 1. The highest BCUT2D eigenvalue weighted by molar-refractivity contribution is 5.80. The summed E-state index contributed by atoms with van der Waals surface area (Å²) in [6.07, 6.45) is 1.98. The van der Waals surface area contributed by atoms with Gasteiger partial charge < -0.3 is 15.2 Å². The number of carbonyl (C=O) groups excluding carboxylic acids is 1. The van der Waals surface area contributed by atoms with E-state index >= 15 is 0 Å². The number of rotatable bonds is 6. The molecule has 116 valence electrons. The lowest BCUT2D eigenvalue weighted by molar-refractivity contribution is -0.129. The Morgan fingerprint density at radius 2 is 2.10 bits per heavy atom. The number of hydrogen-bond acceptors (Lipinski definition) is 3. The topological polar surface area (TPSA) is 58.6 Å². The third-order valence-corrected chi connectivity index (χ3v) is 4.08. The summed E-state index contributed by atoms with van der Waals surface area (Å²) in [5.74, 6) is 0.932. The second-order valence-corrected chi connectivity index (χ2v) is 6.28. The monoisotopic (exact) mass is 291 g/mol. The van der Waals surface area contributed by atoms with Crippen molar-refractivity contribution in [1.29, 1.82) is 0 Å². The zero-order valence-corrected chi connectivity index (χ0v) is 13.1. The van der Waals surface area contributed by atoms with E-state index in [1.54, 1.807) is 6.92 Å². The molecule has 1 amide bonds. The summed E-state index contributed by atoms with van der Waals surface area (Å²) in [5, 5.41) is 12.7. The molecule has 0 saturated heterocycles. The third kappa shape index (κ3) is 4.21. The van der Waals surface area contributed by atoms with Crippen molar-refractivity contribution >= 4 is 5.91 Å². The molecule has 0 bridgehead atoms. The van der Waals surface area contributed by atoms with Gasteiger partial charge in [-0.15, -0.1) is 0 Å². The first kappa shape index (κ1) is 15.8. The van der Waals surface area contributed by atoms with Crippen LogP contribution in [-0.4, -0.2) is 29.3 Å². The van der Waals surface area contributed by atoms with E-state index in [1.165, 1.54) is 5.56 Å². The molecule has 2 N–H and O–H groups in total. The molecular formula is C17H25NO3. The molecule has 4 nitrogen and oxygen atoms in total. The summed E-state index contributed by atoms with van der Waals surface area (Å²) in [7, 11) is 0. The van der Waals surface area contributed by atoms with Crippen LogP contribution < -0.4 is 10.1 Å². The quantitative estimate of drug-likeness (QED) is 0.847. The lowest BCUT2D eigenvalue weighted by Crippen LogP contribution is -2.50. The van der Waals surface area contributed by atoms with Crippen LogP contribution in [0.15, 0.2) is 24.3 Å². The second-order valence-electron chi connectivity index (χ2n) is 6.28. The average molecular weight is 291 g/mol. The van der Waals surface area contributed by atoms with Crippen LogP contribution in [0.2, 0.25) is 0 Å². The summed E-state index contributed by atoms with van der Waals surface area (Å²) < 4.78 is 5.69. The first-order valence-electron chi connectivity index (χ1n) is 7.66. The summed E-state index contributed by atoms with van der Waals surface area (Å²) in [4.78, 5) is 12.0. The van der Waals surface area contributed by atoms with Crippen LogP contribution >= 0.6 is 0 Å². The lowest BCUT2D eigenvalue weighted by atomic mass is 9.80. The first-order chi connectivity index (χ1) is 9.89. The fourth-order valence-corrected chi connectivity index (χ4v) is 2.36. The number of carbonyl (C=O) groups is 1. The Bertz CT molecular complexity index is 495. The van der Waals surface area contributed by atoms with E-state index in [-0.39, 0.29) is 5.91 Å². The largest absolute Gasteiger partial charge is 0.481 e. The Morgan fingerprint density at radius 1 is 1.38 bits per heavy atom. The molecular weight excluding hydrogens is 266 g/mol. The molecule has 0 radical (unpaired) electrons. The maximum absolute atomic E-state index is 12.0. The molecule has 0 heterocycles. The van der Waals surface area contributed by atoms with E-state index in [1.807, 2.05) is 24.3 Å². The van der Waals surface area contributed by atoms with Crippen molar-refractivity contribution in [2.45, 2.75) is 57.7 Å². The van der Waals surface area contributed by atoms with E-state index in [0.29, 0.717) is 18.2 Å². The molecule has 1 atom stereocenters. The minimum atomic E-state index is -0.701. The van der Waals surface area contributed by atoms with Crippen LogP contribution in [0.5, 0.6) is 5.75 Å². The van der Waals surface area contributed by atoms with Crippen molar-refractivity contribution in [3.05, 3.63) is 29.8 Å². The fourth-order valence-electron chi connectivity index (χ4n) is 2.36. The van der Waals surface area contributed by atoms with E-state index in [4.69, 9.17) is 4.74 Å². The maximum atomic E-state index is 12.0. The Balaban J connectivity index is 1.86. The zero-order chi connectivity index (χ0) is 15.5. The Kier molecular flexibility index (Phi) is 4.88. The number of nitrogens with one attached hydrogen (secondary N) is 1. The zero-order valence-electron chi connectivity index (χ0n) is 13.1. The van der Waals surface area contributed by atoms with Gasteiger partial charge in [0.2, 0.25) is 0 Å². The number of hydrogen-bond donors (Lipinski definition) is 2. The Labute approximate surface area is 126 Å². The molecule has 0 spiro atoms. The van der Waals surface area contributed by atoms with E-state index in [0.717, 1.165) is 19.3 Å². The highest BCUT2D eigenvalue weighted by atomic mass is 16.5. The molecule has 21 heavy (non-hydrogen) atoms. The fraction of sp³-hybridized carbons (Fsp3) is 0.588. The smallest absolute Gasteiger partial charge is 0.260 e. The van der Waals surface area contributed by atoms with Gasteiger partial charge in [-0.25, -0.2) is 0 Å². The first-order valence-corrected chi connectivity index (χ1v) is 7.66. The maximum Gasteiger partial charge on any atom is 0.260 e. The minimum Gasteiger partial charge on any atom is -0.481 e. The van der Waals surface area contributed by atoms with Gasteiger partial charge in [-0.1, -0.05) is 26.0 Å². The summed E-state index contributed by atoms with van der Waals surface area (Å²) >= 11 is 0. The molecule has 1 aliphatic rings. The Morgan fingerprint density at radius 3 is 2.67 bits per heavy atom. The molecule has 1 aliphatic carbocycles.